The highest BCUT2D eigenvalue weighted by atomic mass is 79.9. The van der Waals surface area contributed by atoms with Gasteiger partial charge in [-0.1, -0.05) is 0 Å². The molecule has 1 aromatic carbocycles. The highest BCUT2D eigenvalue weighted by Gasteiger charge is 2.14. The van der Waals surface area contributed by atoms with E-state index in [1.807, 2.05) is 6.92 Å². The lowest BCUT2D eigenvalue weighted by Gasteiger charge is -2.19. The maximum absolute atomic E-state index is 12.1. The summed E-state index contributed by atoms with van der Waals surface area (Å²) in [5.74, 6) is 1.13. The fraction of sp³-hybridized carbons (Fsp3) is 0.417. The summed E-state index contributed by atoms with van der Waals surface area (Å²) in [6.45, 7) is 3.14. The summed E-state index contributed by atoms with van der Waals surface area (Å²) in [5.41, 5.74) is 0.629. The minimum atomic E-state index is -0.0171. The van der Waals surface area contributed by atoms with E-state index in [-0.39, 0.29) is 5.91 Å². The second-order valence-electron chi connectivity index (χ2n) is 3.42. The number of carbonyl (C=O) groups is 1. The van der Waals surface area contributed by atoms with Gasteiger partial charge in [-0.15, -0.1) is 11.6 Å². The van der Waals surface area contributed by atoms with Crippen LogP contribution in [0.1, 0.15) is 17.3 Å². The number of nitrogens with zero attached hydrogens (tertiary/aromatic N) is 1. The van der Waals surface area contributed by atoms with Gasteiger partial charge in [0.25, 0.3) is 5.91 Å². The van der Waals surface area contributed by atoms with Gasteiger partial charge in [-0.05, 0) is 41.1 Å². The van der Waals surface area contributed by atoms with Crippen LogP contribution < -0.4 is 4.74 Å². The Balaban J connectivity index is 2.92. The highest BCUT2D eigenvalue weighted by molar-refractivity contribution is 9.10. The molecule has 17 heavy (non-hydrogen) atoms. The Labute approximate surface area is 115 Å². The molecule has 0 aliphatic heterocycles. The van der Waals surface area contributed by atoms with Crippen LogP contribution in [0.4, 0.5) is 0 Å². The minimum absolute atomic E-state index is 0.0171. The number of methoxy groups -OCH3 is 1. The van der Waals surface area contributed by atoms with Gasteiger partial charge >= 0.3 is 0 Å². The van der Waals surface area contributed by atoms with Crippen molar-refractivity contribution in [1.82, 2.24) is 4.90 Å². The number of alkyl halides is 1. The van der Waals surface area contributed by atoms with Crippen molar-refractivity contribution in [2.75, 3.05) is 26.1 Å². The van der Waals surface area contributed by atoms with Gasteiger partial charge in [0.2, 0.25) is 0 Å². The lowest BCUT2D eigenvalue weighted by atomic mass is 10.2. The molecular formula is C12H15BrClNO2. The third-order valence-electron chi connectivity index (χ3n) is 2.42. The van der Waals surface area contributed by atoms with E-state index in [9.17, 15) is 4.79 Å². The quantitative estimate of drug-likeness (QED) is 0.780. The zero-order chi connectivity index (χ0) is 12.8. The number of carbonyl (C=O) groups excluding carboxylic acids is 1. The molecule has 5 heteroatoms. The van der Waals surface area contributed by atoms with Crippen molar-refractivity contribution in [2.45, 2.75) is 6.92 Å². The van der Waals surface area contributed by atoms with Crippen molar-refractivity contribution >= 4 is 33.4 Å². The van der Waals surface area contributed by atoms with Crippen molar-refractivity contribution < 1.29 is 9.53 Å². The Morgan fingerprint density at radius 1 is 1.53 bits per heavy atom. The van der Waals surface area contributed by atoms with E-state index in [4.69, 9.17) is 16.3 Å². The molecule has 1 rings (SSSR count). The van der Waals surface area contributed by atoms with Crippen molar-refractivity contribution in [2.24, 2.45) is 0 Å². The molecule has 0 fully saturated rings. The van der Waals surface area contributed by atoms with Crippen molar-refractivity contribution in [3.05, 3.63) is 28.2 Å². The largest absolute Gasteiger partial charge is 0.496 e. The summed E-state index contributed by atoms with van der Waals surface area (Å²) in [7, 11) is 1.59. The van der Waals surface area contributed by atoms with E-state index in [2.05, 4.69) is 15.9 Å². The maximum Gasteiger partial charge on any atom is 0.253 e. The molecule has 0 aromatic heterocycles. The molecule has 0 aliphatic carbocycles. The average Bonchev–Trinajstić information content (AvgIpc) is 2.35. The summed E-state index contributed by atoms with van der Waals surface area (Å²) in [5, 5.41) is 0. The molecule has 0 N–H and O–H groups in total. The van der Waals surface area contributed by atoms with Crippen LogP contribution >= 0.6 is 27.5 Å². The van der Waals surface area contributed by atoms with Gasteiger partial charge in [0.1, 0.15) is 5.75 Å². The molecule has 0 unspecified atom stereocenters. The second-order valence-corrected chi connectivity index (χ2v) is 4.66. The molecule has 0 bridgehead atoms. The average molecular weight is 321 g/mol. The Kier molecular flexibility index (Phi) is 5.78. The van der Waals surface area contributed by atoms with E-state index >= 15 is 0 Å². The first-order chi connectivity index (χ1) is 8.13. The van der Waals surface area contributed by atoms with Gasteiger partial charge < -0.3 is 9.64 Å². The normalized spacial score (nSPS) is 10.1. The Morgan fingerprint density at radius 3 is 2.71 bits per heavy atom. The number of amides is 1. The highest BCUT2D eigenvalue weighted by Crippen LogP contribution is 2.26. The van der Waals surface area contributed by atoms with E-state index in [0.717, 1.165) is 4.47 Å². The van der Waals surface area contributed by atoms with Crippen LogP contribution in [0.3, 0.4) is 0 Å². The predicted octanol–water partition coefficient (Wildman–Crippen LogP) is 3.16. The first kappa shape index (κ1) is 14.3. The van der Waals surface area contributed by atoms with Crippen molar-refractivity contribution in [1.29, 1.82) is 0 Å². The lowest BCUT2D eigenvalue weighted by molar-refractivity contribution is 0.0774. The second kappa shape index (κ2) is 6.87. The molecule has 1 amide bonds. The molecular weight excluding hydrogens is 305 g/mol. The number of benzene rings is 1. The summed E-state index contributed by atoms with van der Waals surface area (Å²) >= 11 is 9.03. The molecule has 3 nitrogen and oxygen atoms in total. The molecule has 0 saturated carbocycles. The topological polar surface area (TPSA) is 29.5 Å². The molecule has 0 atom stereocenters. The van der Waals surface area contributed by atoms with Crippen molar-refractivity contribution in [3.8, 4) is 5.75 Å². The minimum Gasteiger partial charge on any atom is -0.496 e. The number of hydrogen-bond donors (Lipinski definition) is 0. The SMILES string of the molecule is CCN(CCCl)C(=O)c1ccc(OC)c(Br)c1. The zero-order valence-corrected chi connectivity index (χ0v) is 12.2. The van der Waals surface area contributed by atoms with Crippen molar-refractivity contribution in [3.63, 3.8) is 0 Å². The maximum atomic E-state index is 12.1. The molecule has 0 spiro atoms. The number of hydrogen-bond acceptors (Lipinski definition) is 2. The third kappa shape index (κ3) is 3.61. The first-order valence-corrected chi connectivity index (χ1v) is 6.65. The summed E-state index contributed by atoms with van der Waals surface area (Å²) < 4.78 is 5.89. The van der Waals surface area contributed by atoms with E-state index in [0.29, 0.717) is 30.3 Å². The third-order valence-corrected chi connectivity index (χ3v) is 3.21. The van der Waals surface area contributed by atoms with E-state index in [1.54, 1.807) is 30.2 Å². The molecule has 0 heterocycles. The van der Waals surface area contributed by atoms with Gasteiger partial charge in [-0.3, -0.25) is 4.79 Å². The smallest absolute Gasteiger partial charge is 0.253 e. The van der Waals surface area contributed by atoms with Gasteiger partial charge in [0.15, 0.2) is 0 Å². The number of halogens is 2. The Morgan fingerprint density at radius 2 is 2.24 bits per heavy atom. The van der Waals surface area contributed by atoms with Gasteiger partial charge in [-0.25, -0.2) is 0 Å². The molecule has 1 aromatic rings. The first-order valence-electron chi connectivity index (χ1n) is 5.32. The summed E-state index contributed by atoms with van der Waals surface area (Å²) in [6, 6.07) is 5.28. The van der Waals surface area contributed by atoms with Gasteiger partial charge in [0.05, 0.1) is 11.6 Å². The molecule has 94 valence electrons. The molecule has 0 saturated heterocycles. The van der Waals surface area contributed by atoms with Crippen LogP contribution in [-0.4, -0.2) is 36.9 Å². The number of rotatable bonds is 5. The monoisotopic (exact) mass is 319 g/mol. The van der Waals surface area contributed by atoms with E-state index < -0.39 is 0 Å². The molecule has 0 radical (unpaired) electrons. The summed E-state index contributed by atoms with van der Waals surface area (Å²) in [6.07, 6.45) is 0. The number of ether oxygens (including phenoxy) is 1. The summed E-state index contributed by atoms with van der Waals surface area (Å²) in [4.78, 5) is 13.8. The lowest BCUT2D eigenvalue weighted by Crippen LogP contribution is -2.32. The molecule has 0 aliphatic rings. The predicted molar refractivity (Wildman–Crippen MR) is 73.0 cm³/mol. The Bertz CT molecular complexity index is 398. The van der Waals surface area contributed by atoms with Crippen LogP contribution in [0, 0.1) is 0 Å². The van der Waals surface area contributed by atoms with Crippen LogP contribution in [0.15, 0.2) is 22.7 Å². The van der Waals surface area contributed by atoms with Gasteiger partial charge in [0, 0.05) is 24.5 Å². The Hall–Kier alpha value is -0.740. The van der Waals surface area contributed by atoms with Crippen LogP contribution in [0.2, 0.25) is 0 Å². The van der Waals surface area contributed by atoms with Crippen LogP contribution in [-0.2, 0) is 0 Å². The zero-order valence-electron chi connectivity index (χ0n) is 9.87. The van der Waals surface area contributed by atoms with E-state index in [1.165, 1.54) is 0 Å². The van der Waals surface area contributed by atoms with Crippen LogP contribution in [0.5, 0.6) is 5.75 Å². The fourth-order valence-electron chi connectivity index (χ4n) is 1.49. The fourth-order valence-corrected chi connectivity index (χ4v) is 2.23. The van der Waals surface area contributed by atoms with Crippen LogP contribution in [0.25, 0.3) is 0 Å². The van der Waals surface area contributed by atoms with Gasteiger partial charge in [-0.2, -0.15) is 0 Å². The standard InChI is InChI=1S/C12H15BrClNO2/c1-3-15(7-6-14)12(16)9-4-5-11(17-2)10(13)8-9/h4-5,8H,3,6-7H2,1-2H3.